The molecule has 1 rings (SSSR count). The van der Waals surface area contributed by atoms with E-state index in [9.17, 15) is 0 Å². The molecule has 120 valence electrons. The Kier molecular flexibility index (Phi) is 8.36. The molecule has 0 radical (unpaired) electrons. The van der Waals surface area contributed by atoms with E-state index in [1.165, 1.54) is 18.4 Å². The number of hydrogen-bond acceptors (Lipinski definition) is 3. The van der Waals surface area contributed by atoms with E-state index in [0.29, 0.717) is 12.0 Å². The molecule has 0 amide bonds. The molecule has 0 atom stereocenters. The van der Waals surface area contributed by atoms with Gasteiger partial charge in [-0.1, -0.05) is 40.7 Å². The lowest BCUT2D eigenvalue weighted by atomic mass is 10.1. The van der Waals surface area contributed by atoms with Gasteiger partial charge < -0.3 is 5.32 Å². The summed E-state index contributed by atoms with van der Waals surface area (Å²) < 4.78 is 0. The molecule has 3 nitrogen and oxygen atoms in total. The summed E-state index contributed by atoms with van der Waals surface area (Å²) >= 11 is 0. The normalized spacial score (nSPS) is 11.6. The van der Waals surface area contributed by atoms with Gasteiger partial charge in [0.2, 0.25) is 0 Å². The predicted molar refractivity (Wildman–Crippen MR) is 92.6 cm³/mol. The lowest BCUT2D eigenvalue weighted by Gasteiger charge is -2.32. The van der Waals surface area contributed by atoms with Crippen molar-refractivity contribution in [3.8, 4) is 0 Å². The Morgan fingerprint density at radius 2 is 1.90 bits per heavy atom. The molecule has 0 aliphatic heterocycles. The summed E-state index contributed by atoms with van der Waals surface area (Å²) in [4.78, 5) is 7.15. The second-order valence-corrected chi connectivity index (χ2v) is 6.23. The Bertz CT molecular complexity index is 386. The van der Waals surface area contributed by atoms with Gasteiger partial charge >= 0.3 is 0 Å². The van der Waals surface area contributed by atoms with Crippen molar-refractivity contribution in [1.29, 1.82) is 0 Å². The fraction of sp³-hybridized carbons (Fsp3) is 0.722. The van der Waals surface area contributed by atoms with Crippen LogP contribution in [-0.2, 0) is 6.54 Å². The molecule has 0 spiro atoms. The SMILES string of the molecule is CCCNc1ncccc1CN(CC(C)C)C(CC)CC. The first kappa shape index (κ1) is 18.0. The minimum Gasteiger partial charge on any atom is -0.370 e. The first-order valence-corrected chi connectivity index (χ1v) is 8.54. The van der Waals surface area contributed by atoms with Gasteiger partial charge in [0.25, 0.3) is 0 Å². The van der Waals surface area contributed by atoms with Gasteiger partial charge in [-0.15, -0.1) is 0 Å². The zero-order chi connectivity index (χ0) is 15.7. The number of aromatic nitrogens is 1. The van der Waals surface area contributed by atoms with Crippen molar-refractivity contribution in [3.05, 3.63) is 23.9 Å². The molecular formula is C18H33N3. The summed E-state index contributed by atoms with van der Waals surface area (Å²) in [7, 11) is 0. The summed E-state index contributed by atoms with van der Waals surface area (Å²) in [5.74, 6) is 1.74. The Labute approximate surface area is 131 Å². The highest BCUT2D eigenvalue weighted by Crippen LogP contribution is 2.19. The van der Waals surface area contributed by atoms with Crippen LogP contribution < -0.4 is 5.32 Å². The van der Waals surface area contributed by atoms with Crippen LogP contribution in [0.2, 0.25) is 0 Å². The van der Waals surface area contributed by atoms with Crippen LogP contribution in [0.25, 0.3) is 0 Å². The van der Waals surface area contributed by atoms with Crippen LogP contribution >= 0.6 is 0 Å². The van der Waals surface area contributed by atoms with Crippen LogP contribution in [0.3, 0.4) is 0 Å². The number of hydrogen-bond donors (Lipinski definition) is 1. The fourth-order valence-corrected chi connectivity index (χ4v) is 2.80. The van der Waals surface area contributed by atoms with Crippen molar-refractivity contribution in [2.45, 2.75) is 66.5 Å². The van der Waals surface area contributed by atoms with E-state index in [-0.39, 0.29) is 0 Å². The molecule has 21 heavy (non-hydrogen) atoms. The third-order valence-corrected chi connectivity index (χ3v) is 3.87. The maximum absolute atomic E-state index is 4.52. The highest BCUT2D eigenvalue weighted by Gasteiger charge is 2.18. The van der Waals surface area contributed by atoms with Crippen LogP contribution in [0.4, 0.5) is 5.82 Å². The van der Waals surface area contributed by atoms with E-state index in [4.69, 9.17) is 0 Å². The van der Waals surface area contributed by atoms with Gasteiger partial charge in [-0.2, -0.15) is 0 Å². The molecule has 0 aliphatic carbocycles. The average molecular weight is 291 g/mol. The number of rotatable bonds is 10. The van der Waals surface area contributed by atoms with Crippen molar-refractivity contribution in [2.24, 2.45) is 5.92 Å². The predicted octanol–water partition coefficient (Wildman–Crippen LogP) is 4.55. The Morgan fingerprint density at radius 3 is 2.48 bits per heavy atom. The average Bonchev–Trinajstić information content (AvgIpc) is 2.47. The van der Waals surface area contributed by atoms with Crippen molar-refractivity contribution in [3.63, 3.8) is 0 Å². The van der Waals surface area contributed by atoms with E-state index in [1.807, 2.05) is 12.3 Å². The van der Waals surface area contributed by atoms with E-state index < -0.39 is 0 Å². The molecule has 0 aliphatic rings. The summed E-state index contributed by atoms with van der Waals surface area (Å²) in [5, 5.41) is 3.46. The molecule has 1 aromatic heterocycles. The van der Waals surface area contributed by atoms with Crippen LogP contribution in [-0.4, -0.2) is 29.0 Å². The smallest absolute Gasteiger partial charge is 0.130 e. The number of nitrogens with zero attached hydrogens (tertiary/aromatic N) is 2. The highest BCUT2D eigenvalue weighted by molar-refractivity contribution is 5.43. The second kappa shape index (κ2) is 9.78. The van der Waals surface area contributed by atoms with Gasteiger partial charge in [-0.25, -0.2) is 4.98 Å². The maximum atomic E-state index is 4.52. The van der Waals surface area contributed by atoms with Gasteiger partial charge in [-0.05, 0) is 31.2 Å². The van der Waals surface area contributed by atoms with Gasteiger partial charge in [0.1, 0.15) is 5.82 Å². The molecular weight excluding hydrogens is 258 g/mol. The molecule has 1 N–H and O–H groups in total. The summed E-state index contributed by atoms with van der Waals surface area (Å²) in [6.07, 6.45) is 5.42. The monoisotopic (exact) mass is 291 g/mol. The van der Waals surface area contributed by atoms with Crippen molar-refractivity contribution in [1.82, 2.24) is 9.88 Å². The third kappa shape index (κ3) is 6.04. The maximum Gasteiger partial charge on any atom is 0.130 e. The van der Waals surface area contributed by atoms with Crippen molar-refractivity contribution < 1.29 is 0 Å². The van der Waals surface area contributed by atoms with Gasteiger partial charge in [0.05, 0.1) is 0 Å². The Balaban J connectivity index is 2.86. The molecule has 1 aromatic rings. The number of nitrogens with one attached hydrogen (secondary N) is 1. The largest absolute Gasteiger partial charge is 0.370 e. The first-order chi connectivity index (χ1) is 10.1. The van der Waals surface area contributed by atoms with Crippen LogP contribution in [0.5, 0.6) is 0 Å². The molecule has 1 heterocycles. The molecule has 0 fully saturated rings. The zero-order valence-electron chi connectivity index (χ0n) is 14.5. The highest BCUT2D eigenvalue weighted by atomic mass is 15.2. The molecule has 3 heteroatoms. The Morgan fingerprint density at radius 1 is 1.19 bits per heavy atom. The van der Waals surface area contributed by atoms with Crippen LogP contribution in [0.1, 0.15) is 59.4 Å². The second-order valence-electron chi connectivity index (χ2n) is 6.23. The van der Waals surface area contributed by atoms with Crippen LogP contribution in [0, 0.1) is 5.92 Å². The number of pyridine rings is 1. The minimum atomic E-state index is 0.659. The van der Waals surface area contributed by atoms with Crippen molar-refractivity contribution in [2.75, 3.05) is 18.4 Å². The van der Waals surface area contributed by atoms with Gasteiger partial charge in [0, 0.05) is 37.4 Å². The zero-order valence-corrected chi connectivity index (χ0v) is 14.5. The first-order valence-electron chi connectivity index (χ1n) is 8.54. The Hall–Kier alpha value is -1.09. The summed E-state index contributed by atoms with van der Waals surface area (Å²) in [5.41, 5.74) is 1.32. The quantitative estimate of drug-likeness (QED) is 0.685. The topological polar surface area (TPSA) is 28.2 Å². The van der Waals surface area contributed by atoms with E-state index in [2.05, 4.69) is 55.9 Å². The fourth-order valence-electron chi connectivity index (χ4n) is 2.80. The molecule has 0 saturated heterocycles. The van der Waals surface area contributed by atoms with Gasteiger partial charge in [-0.3, -0.25) is 4.90 Å². The van der Waals surface area contributed by atoms with Gasteiger partial charge in [0.15, 0.2) is 0 Å². The lowest BCUT2D eigenvalue weighted by Crippen LogP contribution is -2.37. The third-order valence-electron chi connectivity index (χ3n) is 3.87. The van der Waals surface area contributed by atoms with Crippen molar-refractivity contribution >= 4 is 5.82 Å². The molecule has 0 saturated carbocycles. The summed E-state index contributed by atoms with van der Waals surface area (Å²) in [6.45, 7) is 14.5. The molecule has 0 unspecified atom stereocenters. The molecule has 0 bridgehead atoms. The standard InChI is InChI=1S/C18H33N3/c1-6-11-19-18-16(10-9-12-20-18)14-21(13-15(4)5)17(7-2)8-3/h9-10,12,15,17H,6-8,11,13-14H2,1-5H3,(H,19,20). The van der Waals surface area contributed by atoms with E-state index in [1.54, 1.807) is 0 Å². The number of anilines is 1. The van der Waals surface area contributed by atoms with Crippen LogP contribution in [0.15, 0.2) is 18.3 Å². The lowest BCUT2D eigenvalue weighted by molar-refractivity contribution is 0.157. The summed E-state index contributed by atoms with van der Waals surface area (Å²) in [6, 6.07) is 4.92. The minimum absolute atomic E-state index is 0.659. The van der Waals surface area contributed by atoms with E-state index in [0.717, 1.165) is 31.9 Å². The molecule has 0 aromatic carbocycles. The van der Waals surface area contributed by atoms with E-state index >= 15 is 0 Å².